The summed E-state index contributed by atoms with van der Waals surface area (Å²) in [5.41, 5.74) is 6.72. The first-order valence-corrected chi connectivity index (χ1v) is 12.7. The van der Waals surface area contributed by atoms with E-state index in [0.29, 0.717) is 16.1 Å². The number of nitrogens with zero attached hydrogens (tertiary/aromatic N) is 2. The lowest BCUT2D eigenvalue weighted by atomic mass is 9.92. The van der Waals surface area contributed by atoms with Crippen molar-refractivity contribution in [2.24, 2.45) is 5.73 Å². The number of carbonyl (C=O) groups excluding carboxylic acids is 3. The van der Waals surface area contributed by atoms with Crippen LogP contribution in [-0.2, 0) is 4.79 Å². The van der Waals surface area contributed by atoms with E-state index in [4.69, 9.17) is 28.9 Å². The van der Waals surface area contributed by atoms with Crippen LogP contribution in [0.25, 0.3) is 0 Å². The molecule has 0 spiro atoms. The summed E-state index contributed by atoms with van der Waals surface area (Å²) in [6.45, 7) is 0.443. The molecule has 2 aromatic carbocycles. The van der Waals surface area contributed by atoms with Gasteiger partial charge in [-0.05, 0) is 62.1 Å². The minimum Gasteiger partial charge on any atom is -0.350 e. The van der Waals surface area contributed by atoms with Gasteiger partial charge in [0.1, 0.15) is 0 Å². The third-order valence-corrected chi connectivity index (χ3v) is 7.52. The second-order valence-electron chi connectivity index (χ2n) is 8.63. The van der Waals surface area contributed by atoms with Crippen molar-refractivity contribution in [1.82, 2.24) is 15.1 Å². The molecule has 1 aliphatic heterocycles. The molecule has 2 aromatic rings. The van der Waals surface area contributed by atoms with Gasteiger partial charge in [-0.25, -0.2) is 0 Å². The number of halogens is 3. The van der Waals surface area contributed by atoms with E-state index < -0.39 is 12.1 Å². The van der Waals surface area contributed by atoms with Gasteiger partial charge in [0.25, 0.3) is 17.7 Å². The van der Waals surface area contributed by atoms with Crippen LogP contribution in [0.4, 0.5) is 0 Å². The predicted octanol–water partition coefficient (Wildman–Crippen LogP) is 4.07. The molecule has 0 aromatic heterocycles. The van der Waals surface area contributed by atoms with E-state index in [2.05, 4.69) is 21.2 Å². The summed E-state index contributed by atoms with van der Waals surface area (Å²) in [6, 6.07) is 11.6. The van der Waals surface area contributed by atoms with Gasteiger partial charge in [0.05, 0.1) is 10.0 Å². The van der Waals surface area contributed by atoms with Crippen LogP contribution in [0.5, 0.6) is 0 Å². The summed E-state index contributed by atoms with van der Waals surface area (Å²) in [5, 5.41) is 3.62. The van der Waals surface area contributed by atoms with Crippen molar-refractivity contribution in [2.75, 3.05) is 13.1 Å². The number of carbonyl (C=O) groups is 3. The van der Waals surface area contributed by atoms with Crippen LogP contribution in [-0.4, -0.2) is 58.9 Å². The fraction of sp³-hybridized carbons (Fsp3) is 0.375. The van der Waals surface area contributed by atoms with Gasteiger partial charge in [0.15, 0.2) is 6.17 Å². The van der Waals surface area contributed by atoms with Crippen molar-refractivity contribution in [3.05, 3.63) is 68.1 Å². The molecule has 10 heteroatoms. The topological polar surface area (TPSA) is 95.7 Å². The summed E-state index contributed by atoms with van der Waals surface area (Å²) in [4.78, 5) is 43.1. The van der Waals surface area contributed by atoms with Gasteiger partial charge in [0.2, 0.25) is 0 Å². The number of benzene rings is 2. The molecule has 3 N–H and O–H groups in total. The standard InChI is InChI=1S/C24H25BrCl2N4O3/c25-16-3-1-2-14(12-16)23(33)30-10-11-31(24(34)15-4-9-19(26)20(27)13-15)22(30)21(32)29-18-7-5-17(28)6-8-18/h1-4,9,12-13,17-18,22H,5-8,10-11,28H2,(H,29,32). The lowest BCUT2D eigenvalue weighted by molar-refractivity contribution is -0.129. The molecule has 180 valence electrons. The van der Waals surface area contributed by atoms with Crippen LogP contribution >= 0.6 is 39.1 Å². The highest BCUT2D eigenvalue weighted by molar-refractivity contribution is 9.10. The van der Waals surface area contributed by atoms with E-state index in [1.807, 2.05) is 6.07 Å². The molecule has 1 aliphatic carbocycles. The minimum absolute atomic E-state index is 0.0438. The number of rotatable bonds is 4. The number of nitrogens with one attached hydrogen (secondary N) is 1. The van der Waals surface area contributed by atoms with E-state index in [0.717, 1.165) is 30.2 Å². The van der Waals surface area contributed by atoms with Crippen LogP contribution < -0.4 is 11.1 Å². The van der Waals surface area contributed by atoms with Gasteiger partial charge in [0, 0.05) is 40.8 Å². The number of hydrogen-bond acceptors (Lipinski definition) is 4. The average Bonchev–Trinajstić information content (AvgIpc) is 3.26. The highest BCUT2D eigenvalue weighted by Gasteiger charge is 2.43. The van der Waals surface area contributed by atoms with Crippen molar-refractivity contribution in [3.63, 3.8) is 0 Å². The lowest BCUT2D eigenvalue weighted by Gasteiger charge is -2.33. The van der Waals surface area contributed by atoms with E-state index in [1.54, 1.807) is 24.3 Å². The fourth-order valence-electron chi connectivity index (χ4n) is 4.46. The van der Waals surface area contributed by atoms with Gasteiger partial charge >= 0.3 is 0 Å². The zero-order chi connectivity index (χ0) is 24.4. The molecular weight excluding hydrogens is 543 g/mol. The van der Waals surface area contributed by atoms with E-state index >= 15 is 0 Å². The Morgan fingerprint density at radius 2 is 1.50 bits per heavy atom. The molecule has 1 atom stereocenters. The maximum atomic E-state index is 13.5. The molecule has 4 rings (SSSR count). The summed E-state index contributed by atoms with van der Waals surface area (Å²) >= 11 is 15.5. The van der Waals surface area contributed by atoms with Crippen molar-refractivity contribution in [3.8, 4) is 0 Å². The van der Waals surface area contributed by atoms with E-state index in [9.17, 15) is 14.4 Å². The summed E-state index contributed by atoms with van der Waals surface area (Å²) < 4.78 is 0.751. The van der Waals surface area contributed by atoms with Crippen LogP contribution in [0.3, 0.4) is 0 Å². The van der Waals surface area contributed by atoms with Gasteiger partial charge in [-0.15, -0.1) is 0 Å². The normalized spacial score (nSPS) is 22.5. The Balaban J connectivity index is 1.62. The third kappa shape index (κ3) is 5.40. The molecule has 2 fully saturated rings. The second kappa shape index (κ2) is 10.6. The average molecular weight is 568 g/mol. The van der Waals surface area contributed by atoms with E-state index in [-0.39, 0.29) is 42.0 Å². The van der Waals surface area contributed by atoms with E-state index in [1.165, 1.54) is 21.9 Å². The summed E-state index contributed by atoms with van der Waals surface area (Å²) in [7, 11) is 0. The number of amides is 3. The Morgan fingerprint density at radius 3 is 2.09 bits per heavy atom. The smallest absolute Gasteiger partial charge is 0.264 e. The molecule has 1 unspecified atom stereocenters. The van der Waals surface area contributed by atoms with Crippen molar-refractivity contribution in [1.29, 1.82) is 0 Å². The molecule has 3 amide bonds. The Hall–Kier alpha value is -2.13. The Kier molecular flexibility index (Phi) is 7.82. The van der Waals surface area contributed by atoms with Gasteiger partial charge in [-0.1, -0.05) is 45.2 Å². The Morgan fingerprint density at radius 1 is 0.882 bits per heavy atom. The predicted molar refractivity (Wildman–Crippen MR) is 135 cm³/mol. The molecule has 2 aliphatic rings. The minimum atomic E-state index is -1.08. The maximum Gasteiger partial charge on any atom is 0.264 e. The molecule has 0 radical (unpaired) electrons. The molecule has 1 heterocycles. The first kappa shape index (κ1) is 25.0. The van der Waals surface area contributed by atoms with Crippen LogP contribution in [0.15, 0.2) is 46.9 Å². The number of hydrogen-bond donors (Lipinski definition) is 2. The Bertz CT molecular complexity index is 1110. The molecule has 1 saturated heterocycles. The monoisotopic (exact) mass is 566 g/mol. The molecule has 7 nitrogen and oxygen atoms in total. The SMILES string of the molecule is NC1CCC(NC(=O)C2N(C(=O)c3cccc(Br)c3)CCN2C(=O)c2ccc(Cl)c(Cl)c2)CC1. The van der Waals surface area contributed by atoms with Crippen molar-refractivity contribution < 1.29 is 14.4 Å². The zero-order valence-corrected chi connectivity index (χ0v) is 21.4. The maximum absolute atomic E-state index is 13.5. The molecule has 0 bridgehead atoms. The summed E-state index contributed by atoms with van der Waals surface area (Å²) in [6.07, 6.45) is 2.09. The lowest BCUT2D eigenvalue weighted by Crippen LogP contribution is -2.56. The van der Waals surface area contributed by atoms with Crippen molar-refractivity contribution >= 4 is 56.9 Å². The molecule has 1 saturated carbocycles. The Labute approximate surface area is 216 Å². The van der Waals surface area contributed by atoms with Crippen molar-refractivity contribution in [2.45, 2.75) is 43.9 Å². The fourth-order valence-corrected chi connectivity index (χ4v) is 5.16. The number of nitrogens with two attached hydrogens (primary N) is 1. The molecular formula is C24H25BrCl2N4O3. The van der Waals surface area contributed by atoms with Crippen LogP contribution in [0, 0.1) is 0 Å². The first-order chi connectivity index (χ1) is 16.2. The second-order valence-corrected chi connectivity index (χ2v) is 10.4. The highest BCUT2D eigenvalue weighted by atomic mass is 79.9. The zero-order valence-electron chi connectivity index (χ0n) is 18.3. The van der Waals surface area contributed by atoms with Gasteiger partial charge in [-0.2, -0.15) is 0 Å². The summed E-state index contributed by atoms with van der Waals surface area (Å²) in [5.74, 6) is -1.10. The van der Waals surface area contributed by atoms with Crippen LogP contribution in [0.1, 0.15) is 46.4 Å². The quantitative estimate of drug-likeness (QED) is 0.582. The van der Waals surface area contributed by atoms with Gasteiger partial charge < -0.3 is 20.9 Å². The third-order valence-electron chi connectivity index (χ3n) is 6.28. The van der Waals surface area contributed by atoms with Crippen LogP contribution in [0.2, 0.25) is 10.0 Å². The van der Waals surface area contributed by atoms with Gasteiger partial charge in [-0.3, -0.25) is 14.4 Å². The molecule has 34 heavy (non-hydrogen) atoms. The first-order valence-electron chi connectivity index (χ1n) is 11.1. The largest absolute Gasteiger partial charge is 0.350 e. The highest BCUT2D eigenvalue weighted by Crippen LogP contribution is 2.27.